The monoisotopic (exact) mass is 221 g/mol. The maximum Gasteiger partial charge on any atom is 0.325 e. The summed E-state index contributed by atoms with van der Waals surface area (Å²) >= 11 is 0. The van der Waals surface area contributed by atoms with Crippen LogP contribution in [0, 0.1) is 6.92 Å². The van der Waals surface area contributed by atoms with Crippen LogP contribution in [-0.4, -0.2) is 19.6 Å². The third-order valence-electron chi connectivity index (χ3n) is 2.29. The molecule has 0 heterocycles. The zero-order chi connectivity index (χ0) is 12.1. The number of rotatable bonds is 4. The third-order valence-corrected chi connectivity index (χ3v) is 2.29. The summed E-state index contributed by atoms with van der Waals surface area (Å²) in [6.07, 6.45) is 0. The predicted molar refractivity (Wildman–Crippen MR) is 64.8 cm³/mol. The number of nitrogens with one attached hydrogen (secondary N) is 1. The number of esters is 1. The maximum atomic E-state index is 11.3. The van der Waals surface area contributed by atoms with E-state index >= 15 is 0 Å². The largest absolute Gasteiger partial charge is 0.426 e. The zero-order valence-corrected chi connectivity index (χ0v) is 10.3. The molecule has 0 saturated heterocycles. The molecule has 0 bridgehead atoms. The highest BCUT2D eigenvalue weighted by Gasteiger charge is 2.07. The summed E-state index contributed by atoms with van der Waals surface area (Å²) in [7, 11) is 1.72. The first-order valence-electron chi connectivity index (χ1n) is 5.49. The Kier molecular flexibility index (Phi) is 4.50. The Hall–Kier alpha value is -1.35. The topological polar surface area (TPSA) is 38.3 Å². The normalized spacial score (nSPS) is 10.6. The molecule has 0 aromatic heterocycles. The van der Waals surface area contributed by atoms with Crippen molar-refractivity contribution in [2.45, 2.75) is 26.7 Å². The summed E-state index contributed by atoms with van der Waals surface area (Å²) in [5, 5.41) is 2.77. The van der Waals surface area contributed by atoms with E-state index in [2.05, 4.69) is 25.2 Å². The van der Waals surface area contributed by atoms with Crippen molar-refractivity contribution in [2.24, 2.45) is 0 Å². The third kappa shape index (κ3) is 3.66. The number of carbonyl (C=O) groups excluding carboxylic acids is 1. The number of aryl methyl sites for hydroxylation is 1. The second kappa shape index (κ2) is 5.66. The number of benzene rings is 1. The van der Waals surface area contributed by atoms with Gasteiger partial charge in [-0.15, -0.1) is 0 Å². The highest BCUT2D eigenvalue weighted by molar-refractivity contribution is 5.74. The number of hydrogen-bond donors (Lipinski definition) is 1. The molecule has 1 aromatic rings. The predicted octanol–water partition coefficient (Wildman–Crippen LogP) is 2.24. The van der Waals surface area contributed by atoms with Gasteiger partial charge in [0.05, 0.1) is 6.54 Å². The molecule has 0 fully saturated rings. The van der Waals surface area contributed by atoms with Gasteiger partial charge in [0.2, 0.25) is 0 Å². The van der Waals surface area contributed by atoms with Crippen LogP contribution < -0.4 is 10.1 Å². The summed E-state index contributed by atoms with van der Waals surface area (Å²) in [5.74, 6) is 0.799. The maximum absolute atomic E-state index is 11.3. The van der Waals surface area contributed by atoms with E-state index in [0.717, 1.165) is 5.56 Å². The Bertz CT molecular complexity index is 372. The molecule has 0 atom stereocenters. The highest BCUT2D eigenvalue weighted by Crippen LogP contribution is 2.22. The smallest absolute Gasteiger partial charge is 0.325 e. The second-order valence-corrected chi connectivity index (χ2v) is 4.24. The first-order chi connectivity index (χ1) is 7.52. The van der Waals surface area contributed by atoms with Crippen molar-refractivity contribution >= 4 is 5.97 Å². The quantitative estimate of drug-likeness (QED) is 0.626. The number of likely N-dealkylation sites (N-methyl/N-ethyl adjacent to an activating group) is 1. The van der Waals surface area contributed by atoms with E-state index in [1.54, 1.807) is 7.05 Å². The minimum Gasteiger partial charge on any atom is -0.426 e. The zero-order valence-electron chi connectivity index (χ0n) is 10.3. The van der Waals surface area contributed by atoms with Crippen LogP contribution in [0.2, 0.25) is 0 Å². The number of ether oxygens (including phenoxy) is 1. The number of carbonyl (C=O) groups is 1. The molecule has 0 spiro atoms. The summed E-state index contributed by atoms with van der Waals surface area (Å²) in [4.78, 5) is 11.3. The fourth-order valence-corrected chi connectivity index (χ4v) is 1.48. The lowest BCUT2D eigenvalue weighted by atomic mass is 10.0. The summed E-state index contributed by atoms with van der Waals surface area (Å²) in [6, 6.07) is 5.91. The van der Waals surface area contributed by atoms with Gasteiger partial charge in [0.15, 0.2) is 0 Å². The molecule has 0 aliphatic carbocycles. The standard InChI is InChI=1S/C13H19NO2/c1-9(2)11-5-10(3)6-12(7-11)16-13(15)8-14-4/h5-7,9,14H,8H2,1-4H3. The fraction of sp³-hybridized carbons (Fsp3) is 0.462. The van der Waals surface area contributed by atoms with Gasteiger partial charge in [-0.25, -0.2) is 0 Å². The Morgan fingerprint density at radius 1 is 1.38 bits per heavy atom. The van der Waals surface area contributed by atoms with Crippen LogP contribution in [0.1, 0.15) is 30.9 Å². The van der Waals surface area contributed by atoms with Crippen LogP contribution >= 0.6 is 0 Å². The Morgan fingerprint density at radius 2 is 2.06 bits per heavy atom. The fourth-order valence-electron chi connectivity index (χ4n) is 1.48. The van der Waals surface area contributed by atoms with Gasteiger partial charge in [0.25, 0.3) is 0 Å². The van der Waals surface area contributed by atoms with Crippen molar-refractivity contribution in [1.29, 1.82) is 0 Å². The molecule has 1 N–H and O–H groups in total. The van der Waals surface area contributed by atoms with E-state index in [-0.39, 0.29) is 12.5 Å². The van der Waals surface area contributed by atoms with Crippen molar-refractivity contribution in [3.8, 4) is 5.75 Å². The van der Waals surface area contributed by atoms with Crippen molar-refractivity contribution < 1.29 is 9.53 Å². The molecule has 3 nitrogen and oxygen atoms in total. The molecule has 1 rings (SSSR count). The molecule has 0 aliphatic heterocycles. The van der Waals surface area contributed by atoms with Gasteiger partial charge >= 0.3 is 5.97 Å². The van der Waals surface area contributed by atoms with Gasteiger partial charge in [-0.05, 0) is 43.1 Å². The molecule has 16 heavy (non-hydrogen) atoms. The van der Waals surface area contributed by atoms with E-state index in [1.165, 1.54) is 5.56 Å². The molecule has 0 aliphatic rings. The Balaban J connectivity index is 2.84. The average Bonchev–Trinajstić information content (AvgIpc) is 2.16. The lowest BCUT2D eigenvalue weighted by molar-refractivity contribution is -0.133. The molecule has 0 saturated carbocycles. The van der Waals surface area contributed by atoms with Crippen molar-refractivity contribution in [1.82, 2.24) is 5.32 Å². The Labute approximate surface area is 96.8 Å². The minimum atomic E-state index is -0.261. The molecule has 3 heteroatoms. The molecular formula is C13H19NO2. The molecule has 1 aromatic carbocycles. The van der Waals surface area contributed by atoms with E-state index in [0.29, 0.717) is 11.7 Å². The van der Waals surface area contributed by atoms with E-state index in [1.807, 2.05) is 19.1 Å². The first kappa shape index (κ1) is 12.7. The van der Waals surface area contributed by atoms with Crippen LogP contribution in [0.25, 0.3) is 0 Å². The SMILES string of the molecule is CNCC(=O)Oc1cc(C)cc(C(C)C)c1. The van der Waals surface area contributed by atoms with Gasteiger partial charge in [0, 0.05) is 0 Å². The lowest BCUT2D eigenvalue weighted by Crippen LogP contribution is -2.23. The number of hydrogen-bond acceptors (Lipinski definition) is 3. The highest BCUT2D eigenvalue weighted by atomic mass is 16.5. The van der Waals surface area contributed by atoms with Gasteiger partial charge in [-0.3, -0.25) is 4.79 Å². The van der Waals surface area contributed by atoms with E-state index in [4.69, 9.17) is 4.74 Å². The minimum absolute atomic E-state index is 0.227. The average molecular weight is 221 g/mol. The van der Waals surface area contributed by atoms with Crippen molar-refractivity contribution in [3.63, 3.8) is 0 Å². The van der Waals surface area contributed by atoms with E-state index < -0.39 is 0 Å². The van der Waals surface area contributed by atoms with E-state index in [9.17, 15) is 4.79 Å². The Morgan fingerprint density at radius 3 is 2.62 bits per heavy atom. The van der Waals surface area contributed by atoms with Crippen LogP contribution in [0.4, 0.5) is 0 Å². The van der Waals surface area contributed by atoms with Crippen LogP contribution in [0.5, 0.6) is 5.75 Å². The van der Waals surface area contributed by atoms with Crippen LogP contribution in [-0.2, 0) is 4.79 Å². The molecular weight excluding hydrogens is 202 g/mol. The van der Waals surface area contributed by atoms with Crippen molar-refractivity contribution in [3.05, 3.63) is 29.3 Å². The lowest BCUT2D eigenvalue weighted by Gasteiger charge is -2.10. The van der Waals surface area contributed by atoms with Gasteiger partial charge in [-0.1, -0.05) is 19.9 Å². The van der Waals surface area contributed by atoms with Gasteiger partial charge in [0.1, 0.15) is 5.75 Å². The molecule has 0 radical (unpaired) electrons. The molecule has 0 unspecified atom stereocenters. The summed E-state index contributed by atoms with van der Waals surface area (Å²) < 4.78 is 5.22. The van der Waals surface area contributed by atoms with Crippen LogP contribution in [0.15, 0.2) is 18.2 Å². The van der Waals surface area contributed by atoms with Gasteiger partial charge in [-0.2, -0.15) is 0 Å². The second-order valence-electron chi connectivity index (χ2n) is 4.24. The summed E-state index contributed by atoms with van der Waals surface area (Å²) in [5.41, 5.74) is 2.30. The van der Waals surface area contributed by atoms with Gasteiger partial charge < -0.3 is 10.1 Å². The van der Waals surface area contributed by atoms with Crippen molar-refractivity contribution in [2.75, 3.05) is 13.6 Å². The molecule has 0 amide bonds. The van der Waals surface area contributed by atoms with Crippen LogP contribution in [0.3, 0.4) is 0 Å². The summed E-state index contributed by atoms with van der Waals surface area (Å²) in [6.45, 7) is 6.47. The molecule has 88 valence electrons. The first-order valence-corrected chi connectivity index (χ1v) is 5.49.